The van der Waals surface area contributed by atoms with E-state index in [1.165, 1.54) is 32.1 Å². The number of hydrogen-bond acceptors (Lipinski definition) is 2. The van der Waals surface area contributed by atoms with Crippen molar-refractivity contribution in [3.8, 4) is 0 Å². The van der Waals surface area contributed by atoms with Crippen LogP contribution < -0.4 is 10.6 Å². The van der Waals surface area contributed by atoms with Gasteiger partial charge in [0.25, 0.3) is 0 Å². The highest BCUT2D eigenvalue weighted by atomic mass is 16.1. The first kappa shape index (κ1) is 14.5. The molecule has 0 aromatic heterocycles. The molecule has 0 radical (unpaired) electrons. The summed E-state index contributed by atoms with van der Waals surface area (Å²) in [5, 5.41) is 6.54. The minimum Gasteiger partial charge on any atom is -0.355 e. The van der Waals surface area contributed by atoms with E-state index < -0.39 is 0 Å². The number of unbranched alkanes of at least 4 members (excludes halogenated alkanes) is 3. The Hall–Kier alpha value is -0.570. The van der Waals surface area contributed by atoms with Crippen molar-refractivity contribution in [3.05, 3.63) is 0 Å². The fraction of sp³-hybridized carbons (Fsp3) is 0.929. The average Bonchev–Trinajstić information content (AvgIpc) is 2.34. The van der Waals surface area contributed by atoms with Gasteiger partial charge < -0.3 is 10.6 Å². The average molecular weight is 240 g/mol. The topological polar surface area (TPSA) is 41.1 Å². The summed E-state index contributed by atoms with van der Waals surface area (Å²) in [6.45, 7) is 6.36. The number of carbonyl (C=O) groups is 1. The second-order valence-corrected chi connectivity index (χ2v) is 5.29. The van der Waals surface area contributed by atoms with Gasteiger partial charge in [-0.25, -0.2) is 0 Å². The molecule has 1 fully saturated rings. The molecule has 2 atom stereocenters. The monoisotopic (exact) mass is 240 g/mol. The van der Waals surface area contributed by atoms with E-state index in [-0.39, 0.29) is 5.91 Å². The zero-order valence-electron chi connectivity index (χ0n) is 11.4. The van der Waals surface area contributed by atoms with E-state index in [2.05, 4.69) is 24.5 Å². The zero-order chi connectivity index (χ0) is 12.5. The van der Waals surface area contributed by atoms with E-state index >= 15 is 0 Å². The Kier molecular flexibility index (Phi) is 7.25. The van der Waals surface area contributed by atoms with Gasteiger partial charge in [0.2, 0.25) is 5.91 Å². The summed E-state index contributed by atoms with van der Waals surface area (Å²) in [5.74, 6) is 0.907. The van der Waals surface area contributed by atoms with E-state index in [0.717, 1.165) is 19.5 Å². The smallest absolute Gasteiger partial charge is 0.220 e. The molecule has 1 saturated heterocycles. The minimum absolute atomic E-state index is 0.223. The molecule has 2 unspecified atom stereocenters. The van der Waals surface area contributed by atoms with Crippen molar-refractivity contribution in [1.29, 1.82) is 0 Å². The molecule has 1 rings (SSSR count). The van der Waals surface area contributed by atoms with Gasteiger partial charge in [-0.1, -0.05) is 33.1 Å². The predicted octanol–water partition coefficient (Wildman–Crippen LogP) is 2.46. The van der Waals surface area contributed by atoms with Gasteiger partial charge in [0, 0.05) is 19.0 Å². The van der Waals surface area contributed by atoms with Crippen molar-refractivity contribution in [1.82, 2.24) is 10.6 Å². The van der Waals surface area contributed by atoms with E-state index in [1.807, 2.05) is 0 Å². The van der Waals surface area contributed by atoms with Crippen LogP contribution in [0.2, 0.25) is 0 Å². The van der Waals surface area contributed by atoms with Crippen molar-refractivity contribution in [3.63, 3.8) is 0 Å². The molecule has 1 aliphatic heterocycles. The van der Waals surface area contributed by atoms with Crippen LogP contribution in [0.4, 0.5) is 0 Å². The molecule has 0 aromatic carbocycles. The van der Waals surface area contributed by atoms with Crippen molar-refractivity contribution < 1.29 is 4.79 Å². The quantitative estimate of drug-likeness (QED) is 0.671. The van der Waals surface area contributed by atoms with E-state index in [4.69, 9.17) is 0 Å². The third kappa shape index (κ3) is 6.06. The van der Waals surface area contributed by atoms with Crippen LogP contribution in [0.1, 0.15) is 58.8 Å². The summed E-state index contributed by atoms with van der Waals surface area (Å²) in [6, 6.07) is 0.475. The van der Waals surface area contributed by atoms with E-state index in [9.17, 15) is 4.79 Å². The second kappa shape index (κ2) is 8.51. The molecule has 0 aromatic rings. The normalized spacial score (nSPS) is 24.6. The number of carbonyl (C=O) groups excluding carboxylic acids is 1. The summed E-state index contributed by atoms with van der Waals surface area (Å²) in [7, 11) is 0. The number of piperidine rings is 1. The molecule has 3 nitrogen and oxygen atoms in total. The maximum absolute atomic E-state index is 11.6. The molecule has 0 aliphatic carbocycles. The maximum atomic E-state index is 11.6. The van der Waals surface area contributed by atoms with Crippen molar-refractivity contribution in [2.45, 2.75) is 64.8 Å². The van der Waals surface area contributed by atoms with Gasteiger partial charge in [0.05, 0.1) is 0 Å². The van der Waals surface area contributed by atoms with Crippen LogP contribution >= 0.6 is 0 Å². The fourth-order valence-corrected chi connectivity index (χ4v) is 2.41. The molecule has 100 valence electrons. The largest absolute Gasteiger partial charge is 0.355 e. The SMILES string of the molecule is CCCCCCC(=O)NCC1NCCCC1C. The Morgan fingerprint density at radius 3 is 2.88 bits per heavy atom. The fourth-order valence-electron chi connectivity index (χ4n) is 2.41. The second-order valence-electron chi connectivity index (χ2n) is 5.29. The lowest BCUT2D eigenvalue weighted by molar-refractivity contribution is -0.121. The van der Waals surface area contributed by atoms with E-state index in [0.29, 0.717) is 18.4 Å². The molecule has 17 heavy (non-hydrogen) atoms. The van der Waals surface area contributed by atoms with Crippen LogP contribution in [-0.4, -0.2) is 25.0 Å². The predicted molar refractivity (Wildman–Crippen MR) is 72.0 cm³/mol. The highest BCUT2D eigenvalue weighted by molar-refractivity contribution is 5.75. The molecular weight excluding hydrogens is 212 g/mol. The Balaban J connectivity index is 2.06. The Morgan fingerprint density at radius 2 is 2.18 bits per heavy atom. The van der Waals surface area contributed by atoms with Gasteiger partial charge in [-0.05, 0) is 31.7 Å². The molecule has 0 spiro atoms. The van der Waals surface area contributed by atoms with Crippen molar-refractivity contribution in [2.24, 2.45) is 5.92 Å². The molecule has 1 aliphatic rings. The number of amides is 1. The number of rotatable bonds is 7. The molecule has 3 heteroatoms. The van der Waals surface area contributed by atoms with Crippen molar-refractivity contribution >= 4 is 5.91 Å². The van der Waals surface area contributed by atoms with Crippen LogP contribution in [0.3, 0.4) is 0 Å². The first-order valence-electron chi connectivity index (χ1n) is 7.24. The summed E-state index contributed by atoms with van der Waals surface area (Å²) >= 11 is 0. The minimum atomic E-state index is 0.223. The van der Waals surface area contributed by atoms with Crippen LogP contribution in [0, 0.1) is 5.92 Å². The summed E-state index contributed by atoms with van der Waals surface area (Å²) in [6.07, 6.45) is 7.93. The third-order valence-corrected chi connectivity index (χ3v) is 3.71. The van der Waals surface area contributed by atoms with E-state index in [1.54, 1.807) is 0 Å². The molecule has 1 heterocycles. The lowest BCUT2D eigenvalue weighted by Crippen LogP contribution is -2.47. The van der Waals surface area contributed by atoms with Crippen LogP contribution in [0.15, 0.2) is 0 Å². The van der Waals surface area contributed by atoms with Gasteiger partial charge in [0.15, 0.2) is 0 Å². The standard InChI is InChI=1S/C14H28N2O/c1-3-4-5-6-9-14(17)16-11-13-12(2)8-7-10-15-13/h12-13,15H,3-11H2,1-2H3,(H,16,17). The molecule has 1 amide bonds. The molecule has 0 bridgehead atoms. The third-order valence-electron chi connectivity index (χ3n) is 3.71. The zero-order valence-corrected chi connectivity index (χ0v) is 11.4. The molecular formula is C14H28N2O. The van der Waals surface area contributed by atoms with Crippen LogP contribution in [0.5, 0.6) is 0 Å². The molecule has 2 N–H and O–H groups in total. The van der Waals surface area contributed by atoms with Crippen LogP contribution in [-0.2, 0) is 4.79 Å². The Bertz CT molecular complexity index is 218. The Morgan fingerprint density at radius 1 is 1.35 bits per heavy atom. The van der Waals surface area contributed by atoms with Gasteiger partial charge in [-0.3, -0.25) is 4.79 Å². The first-order valence-corrected chi connectivity index (χ1v) is 7.24. The van der Waals surface area contributed by atoms with Gasteiger partial charge in [-0.2, -0.15) is 0 Å². The molecule has 0 saturated carbocycles. The van der Waals surface area contributed by atoms with Gasteiger partial charge in [0.1, 0.15) is 0 Å². The maximum Gasteiger partial charge on any atom is 0.220 e. The number of hydrogen-bond donors (Lipinski definition) is 2. The lowest BCUT2D eigenvalue weighted by Gasteiger charge is -2.30. The highest BCUT2D eigenvalue weighted by Gasteiger charge is 2.20. The highest BCUT2D eigenvalue weighted by Crippen LogP contribution is 2.14. The summed E-state index contributed by atoms with van der Waals surface area (Å²) in [4.78, 5) is 11.6. The van der Waals surface area contributed by atoms with Gasteiger partial charge >= 0.3 is 0 Å². The first-order chi connectivity index (χ1) is 8.24. The lowest BCUT2D eigenvalue weighted by atomic mass is 9.93. The van der Waals surface area contributed by atoms with Crippen molar-refractivity contribution in [2.75, 3.05) is 13.1 Å². The summed E-state index contributed by atoms with van der Waals surface area (Å²) < 4.78 is 0. The Labute approximate surface area is 106 Å². The van der Waals surface area contributed by atoms with Crippen LogP contribution in [0.25, 0.3) is 0 Å². The van der Waals surface area contributed by atoms with Gasteiger partial charge in [-0.15, -0.1) is 0 Å². The number of nitrogens with one attached hydrogen (secondary N) is 2. The summed E-state index contributed by atoms with van der Waals surface area (Å²) in [5.41, 5.74) is 0.